The molecule has 0 bridgehead atoms. The van der Waals surface area contributed by atoms with Gasteiger partial charge in [-0.2, -0.15) is 0 Å². The summed E-state index contributed by atoms with van der Waals surface area (Å²) in [6.45, 7) is 3.73. The van der Waals surface area contributed by atoms with Gasteiger partial charge in [0.1, 0.15) is 11.3 Å². The van der Waals surface area contributed by atoms with Gasteiger partial charge in [-0.3, -0.25) is 0 Å². The minimum absolute atomic E-state index is 0.197. The number of hydrogen-bond donors (Lipinski definition) is 0. The van der Waals surface area contributed by atoms with E-state index in [1.807, 2.05) is 0 Å². The Labute approximate surface area is 126 Å². The van der Waals surface area contributed by atoms with Crippen LogP contribution in [-0.2, 0) is 11.3 Å². The second-order valence-electron chi connectivity index (χ2n) is 5.51. The summed E-state index contributed by atoms with van der Waals surface area (Å²) in [5.74, 6) is -0.882. The molecule has 2 heterocycles. The third-order valence-corrected chi connectivity index (χ3v) is 4.08. The Morgan fingerprint density at radius 3 is 2.95 bits per heavy atom. The molecule has 0 N–H and O–H groups in total. The van der Waals surface area contributed by atoms with Crippen LogP contribution in [0.1, 0.15) is 31.0 Å². The first-order chi connectivity index (χ1) is 10.1. The van der Waals surface area contributed by atoms with Gasteiger partial charge < -0.3 is 9.30 Å². The quantitative estimate of drug-likeness (QED) is 0.799. The number of benzene rings is 1. The molecule has 6 heteroatoms. The molecule has 0 radical (unpaired) electrons. The Balaban J connectivity index is 2.08. The molecule has 21 heavy (non-hydrogen) atoms. The molecule has 0 spiro atoms. The molecule has 0 amide bonds. The lowest BCUT2D eigenvalue weighted by Gasteiger charge is -2.24. The third kappa shape index (κ3) is 2.77. The van der Waals surface area contributed by atoms with Crippen LogP contribution in [0.4, 0.5) is 8.78 Å². The summed E-state index contributed by atoms with van der Waals surface area (Å²) >= 11 is 6.16. The van der Waals surface area contributed by atoms with Crippen molar-refractivity contribution in [2.24, 2.45) is 5.92 Å². The van der Waals surface area contributed by atoms with Gasteiger partial charge in [0.2, 0.25) is 0 Å². The normalized spacial score (nSPS) is 20.9. The van der Waals surface area contributed by atoms with E-state index in [0.29, 0.717) is 24.5 Å². The van der Waals surface area contributed by atoms with Crippen molar-refractivity contribution >= 4 is 22.6 Å². The fourth-order valence-electron chi connectivity index (χ4n) is 2.87. The summed E-state index contributed by atoms with van der Waals surface area (Å²) in [6.07, 6.45) is 1.99. The van der Waals surface area contributed by atoms with Gasteiger partial charge >= 0.3 is 0 Å². The molecule has 2 aromatic rings. The van der Waals surface area contributed by atoms with Crippen molar-refractivity contribution in [3.05, 3.63) is 29.6 Å². The van der Waals surface area contributed by atoms with Gasteiger partial charge in [0, 0.05) is 19.1 Å². The monoisotopic (exact) mass is 314 g/mol. The summed E-state index contributed by atoms with van der Waals surface area (Å²) in [5, 5.41) is -0.371. The van der Waals surface area contributed by atoms with Crippen LogP contribution in [0, 0.1) is 17.6 Å². The SMILES string of the molecule is CC(Cl)c1nc2ccc(F)c(F)c2n1CC1CCCOC1. The molecule has 114 valence electrons. The highest BCUT2D eigenvalue weighted by Gasteiger charge is 2.23. The van der Waals surface area contributed by atoms with Crippen molar-refractivity contribution in [3.8, 4) is 0 Å². The maximum Gasteiger partial charge on any atom is 0.184 e. The number of hydrogen-bond acceptors (Lipinski definition) is 2. The van der Waals surface area contributed by atoms with Gasteiger partial charge in [-0.25, -0.2) is 13.8 Å². The van der Waals surface area contributed by atoms with Crippen LogP contribution in [-0.4, -0.2) is 22.8 Å². The van der Waals surface area contributed by atoms with E-state index in [1.54, 1.807) is 11.5 Å². The molecule has 0 saturated carbocycles. The Bertz CT molecular complexity index is 651. The van der Waals surface area contributed by atoms with Crippen molar-refractivity contribution in [1.82, 2.24) is 9.55 Å². The summed E-state index contributed by atoms with van der Waals surface area (Å²) in [4.78, 5) is 4.36. The molecule has 1 saturated heterocycles. The average Bonchev–Trinajstić information content (AvgIpc) is 2.84. The van der Waals surface area contributed by atoms with E-state index in [4.69, 9.17) is 16.3 Å². The van der Waals surface area contributed by atoms with E-state index in [9.17, 15) is 8.78 Å². The number of alkyl halides is 1. The molecule has 3 nitrogen and oxygen atoms in total. The first-order valence-corrected chi connectivity index (χ1v) is 7.57. The molecule has 1 aliphatic heterocycles. The number of nitrogens with zero attached hydrogens (tertiary/aromatic N) is 2. The number of halogens is 3. The van der Waals surface area contributed by atoms with Crippen LogP contribution in [0.2, 0.25) is 0 Å². The minimum atomic E-state index is -0.864. The second-order valence-corrected chi connectivity index (χ2v) is 6.16. The minimum Gasteiger partial charge on any atom is -0.381 e. The van der Waals surface area contributed by atoms with Gasteiger partial charge in [-0.05, 0) is 31.9 Å². The van der Waals surface area contributed by atoms with Gasteiger partial charge in [0.15, 0.2) is 11.6 Å². The van der Waals surface area contributed by atoms with Crippen molar-refractivity contribution < 1.29 is 13.5 Å². The number of rotatable bonds is 3. The van der Waals surface area contributed by atoms with Crippen LogP contribution in [0.5, 0.6) is 0 Å². The van der Waals surface area contributed by atoms with Crippen LogP contribution in [0.3, 0.4) is 0 Å². The van der Waals surface area contributed by atoms with E-state index in [2.05, 4.69) is 4.98 Å². The number of aromatic nitrogens is 2. The van der Waals surface area contributed by atoms with Crippen LogP contribution >= 0.6 is 11.6 Å². The Kier molecular flexibility index (Phi) is 4.13. The Morgan fingerprint density at radius 1 is 1.48 bits per heavy atom. The summed E-state index contributed by atoms with van der Waals surface area (Å²) in [5.41, 5.74) is 0.635. The maximum atomic E-state index is 14.2. The highest BCUT2D eigenvalue weighted by Crippen LogP contribution is 2.29. The van der Waals surface area contributed by atoms with E-state index in [1.165, 1.54) is 6.07 Å². The third-order valence-electron chi connectivity index (χ3n) is 3.88. The van der Waals surface area contributed by atoms with Crippen molar-refractivity contribution in [1.29, 1.82) is 0 Å². The molecule has 1 aromatic carbocycles. The second kappa shape index (κ2) is 5.89. The first-order valence-electron chi connectivity index (χ1n) is 7.14. The van der Waals surface area contributed by atoms with E-state index in [0.717, 1.165) is 25.5 Å². The molecule has 1 aliphatic rings. The van der Waals surface area contributed by atoms with Crippen molar-refractivity contribution in [2.75, 3.05) is 13.2 Å². The molecular formula is C15H17ClF2N2O. The zero-order valence-corrected chi connectivity index (χ0v) is 12.5. The van der Waals surface area contributed by atoms with Crippen LogP contribution < -0.4 is 0 Å². The standard InChI is InChI=1S/C15H17ClF2N2O/c1-9(16)15-19-12-5-4-11(17)13(18)14(12)20(15)7-10-3-2-6-21-8-10/h4-5,9-10H,2-3,6-8H2,1H3. The molecule has 3 rings (SSSR count). The number of imidazole rings is 1. The maximum absolute atomic E-state index is 14.2. The Morgan fingerprint density at radius 2 is 2.29 bits per heavy atom. The molecular weight excluding hydrogens is 298 g/mol. The lowest BCUT2D eigenvalue weighted by atomic mass is 10.0. The summed E-state index contributed by atoms with van der Waals surface area (Å²) < 4.78 is 34.9. The van der Waals surface area contributed by atoms with Crippen molar-refractivity contribution in [3.63, 3.8) is 0 Å². The smallest absolute Gasteiger partial charge is 0.184 e. The van der Waals surface area contributed by atoms with Gasteiger partial charge in [-0.1, -0.05) is 0 Å². The molecule has 1 aromatic heterocycles. The fraction of sp³-hybridized carbons (Fsp3) is 0.533. The summed E-state index contributed by atoms with van der Waals surface area (Å²) in [6, 6.07) is 2.59. The topological polar surface area (TPSA) is 27.1 Å². The first kappa shape index (κ1) is 14.7. The van der Waals surface area contributed by atoms with E-state index >= 15 is 0 Å². The van der Waals surface area contributed by atoms with Gasteiger partial charge in [0.05, 0.1) is 17.5 Å². The highest BCUT2D eigenvalue weighted by molar-refractivity contribution is 6.20. The predicted molar refractivity (Wildman–Crippen MR) is 77.5 cm³/mol. The van der Waals surface area contributed by atoms with E-state index in [-0.39, 0.29) is 16.8 Å². The molecule has 2 atom stereocenters. The Hall–Kier alpha value is -1.20. The van der Waals surface area contributed by atoms with Gasteiger partial charge in [-0.15, -0.1) is 11.6 Å². The lowest BCUT2D eigenvalue weighted by Crippen LogP contribution is -2.23. The van der Waals surface area contributed by atoms with E-state index < -0.39 is 11.6 Å². The number of ether oxygens (including phenoxy) is 1. The zero-order valence-electron chi connectivity index (χ0n) is 11.8. The van der Waals surface area contributed by atoms with Crippen LogP contribution in [0.25, 0.3) is 11.0 Å². The molecule has 1 fully saturated rings. The largest absolute Gasteiger partial charge is 0.381 e. The van der Waals surface area contributed by atoms with Crippen molar-refractivity contribution in [2.45, 2.75) is 31.7 Å². The number of fused-ring (bicyclic) bond motifs is 1. The highest BCUT2D eigenvalue weighted by atomic mass is 35.5. The molecule has 2 unspecified atom stereocenters. The van der Waals surface area contributed by atoms with Crippen LogP contribution in [0.15, 0.2) is 12.1 Å². The summed E-state index contributed by atoms with van der Waals surface area (Å²) in [7, 11) is 0. The average molecular weight is 315 g/mol. The zero-order chi connectivity index (χ0) is 15.0. The fourth-order valence-corrected chi connectivity index (χ4v) is 3.04. The lowest BCUT2D eigenvalue weighted by molar-refractivity contribution is 0.0484. The molecule has 0 aliphatic carbocycles. The van der Waals surface area contributed by atoms with Gasteiger partial charge in [0.25, 0.3) is 0 Å². The predicted octanol–water partition coefficient (Wildman–Crippen LogP) is 4.04.